The fourth-order valence-electron chi connectivity index (χ4n) is 1.32. The molecule has 1 atom stereocenters. The zero-order chi connectivity index (χ0) is 14.3. The monoisotopic (exact) mass is 266 g/mol. The van der Waals surface area contributed by atoms with Crippen LogP contribution in [0.25, 0.3) is 0 Å². The maximum atomic E-state index is 9.65. The number of rotatable bonds is 6. The number of oxime groups is 1. The second-order valence-electron chi connectivity index (χ2n) is 5.41. The molecule has 0 bridgehead atoms. The molecular weight excluding hydrogens is 244 g/mol. The summed E-state index contributed by atoms with van der Waals surface area (Å²) in [6.45, 7) is 6.66. The van der Waals surface area contributed by atoms with Gasteiger partial charge in [0.2, 0.25) is 0 Å². The first-order valence-electron chi connectivity index (χ1n) is 6.24. The number of aliphatic hydroxyl groups is 1. The molecule has 0 heterocycles. The van der Waals surface area contributed by atoms with Gasteiger partial charge in [-0.2, -0.15) is 0 Å². The number of nitrogens with one attached hydrogen (secondary N) is 1. The number of phenolic OH excluding ortho intramolecular Hbond substituents is 1. The van der Waals surface area contributed by atoms with Gasteiger partial charge >= 0.3 is 0 Å². The van der Waals surface area contributed by atoms with E-state index < -0.39 is 6.10 Å². The van der Waals surface area contributed by atoms with Crippen LogP contribution in [-0.4, -0.2) is 41.2 Å². The Morgan fingerprint density at radius 2 is 2.16 bits per heavy atom. The average Bonchev–Trinajstić information content (AvgIpc) is 2.31. The van der Waals surface area contributed by atoms with Gasteiger partial charge in [0.05, 0.1) is 6.21 Å². The van der Waals surface area contributed by atoms with Gasteiger partial charge in [-0.1, -0.05) is 17.3 Å². The Labute approximate surface area is 113 Å². The van der Waals surface area contributed by atoms with Crippen molar-refractivity contribution in [3.8, 4) is 5.75 Å². The molecule has 5 nitrogen and oxygen atoms in total. The van der Waals surface area contributed by atoms with E-state index in [1.807, 2.05) is 20.8 Å². The van der Waals surface area contributed by atoms with E-state index in [2.05, 4.69) is 10.5 Å². The van der Waals surface area contributed by atoms with Gasteiger partial charge in [0.15, 0.2) is 0 Å². The van der Waals surface area contributed by atoms with Crippen molar-refractivity contribution in [1.29, 1.82) is 0 Å². The van der Waals surface area contributed by atoms with Gasteiger partial charge in [0.1, 0.15) is 18.5 Å². The molecular formula is C14H22N2O3. The molecule has 0 saturated heterocycles. The molecule has 1 rings (SSSR count). The number of phenols is 1. The Bertz CT molecular complexity index is 413. The Hall–Kier alpha value is -1.59. The lowest BCUT2D eigenvalue weighted by Gasteiger charge is -2.22. The highest BCUT2D eigenvalue weighted by Gasteiger charge is 2.12. The predicted octanol–water partition coefficient (Wildman–Crippen LogP) is 1.49. The lowest BCUT2D eigenvalue weighted by Crippen LogP contribution is -2.42. The lowest BCUT2D eigenvalue weighted by molar-refractivity contribution is 0.0379. The van der Waals surface area contributed by atoms with Gasteiger partial charge in [-0.3, -0.25) is 0 Å². The molecule has 3 N–H and O–H groups in total. The summed E-state index contributed by atoms with van der Waals surface area (Å²) >= 11 is 0. The molecule has 0 spiro atoms. The summed E-state index contributed by atoms with van der Waals surface area (Å²) in [6, 6.07) is 6.67. The summed E-state index contributed by atoms with van der Waals surface area (Å²) in [5.41, 5.74) is 0.702. The molecule has 0 aliphatic carbocycles. The summed E-state index contributed by atoms with van der Waals surface area (Å²) < 4.78 is 0. The minimum atomic E-state index is -0.611. The molecule has 1 unspecified atom stereocenters. The molecule has 0 amide bonds. The highest BCUT2D eigenvalue weighted by molar-refractivity contribution is 5.79. The lowest BCUT2D eigenvalue weighted by atomic mass is 10.1. The number of benzene rings is 1. The fourth-order valence-corrected chi connectivity index (χ4v) is 1.32. The first-order chi connectivity index (χ1) is 8.87. The molecule has 106 valence electrons. The van der Waals surface area contributed by atoms with Crippen LogP contribution in [-0.2, 0) is 4.84 Å². The quantitative estimate of drug-likeness (QED) is 0.539. The van der Waals surface area contributed by atoms with Crippen molar-refractivity contribution in [3.05, 3.63) is 29.8 Å². The first-order valence-corrected chi connectivity index (χ1v) is 6.24. The number of hydrogen-bond donors (Lipinski definition) is 3. The van der Waals surface area contributed by atoms with Crippen LogP contribution in [0.4, 0.5) is 0 Å². The SMILES string of the molecule is CC(C)(C)NCC(O)CO/N=C/c1cccc(O)c1. The van der Waals surface area contributed by atoms with E-state index >= 15 is 0 Å². The zero-order valence-corrected chi connectivity index (χ0v) is 11.6. The molecule has 1 aromatic rings. The summed E-state index contributed by atoms with van der Waals surface area (Å²) in [4.78, 5) is 5.00. The molecule has 0 fully saturated rings. The highest BCUT2D eigenvalue weighted by Crippen LogP contribution is 2.08. The molecule has 19 heavy (non-hydrogen) atoms. The average molecular weight is 266 g/mol. The molecule has 0 aromatic heterocycles. The van der Waals surface area contributed by atoms with E-state index in [-0.39, 0.29) is 17.9 Å². The van der Waals surface area contributed by atoms with Gasteiger partial charge < -0.3 is 20.4 Å². The van der Waals surface area contributed by atoms with Gasteiger partial charge in [-0.15, -0.1) is 0 Å². The topological polar surface area (TPSA) is 74.1 Å². The summed E-state index contributed by atoms with van der Waals surface area (Å²) in [7, 11) is 0. The normalized spacial score (nSPS) is 13.7. The summed E-state index contributed by atoms with van der Waals surface area (Å²) in [5, 5.41) is 25.8. The zero-order valence-electron chi connectivity index (χ0n) is 11.6. The van der Waals surface area contributed by atoms with Crippen molar-refractivity contribution in [3.63, 3.8) is 0 Å². The number of aromatic hydroxyl groups is 1. The van der Waals surface area contributed by atoms with Gasteiger partial charge in [0, 0.05) is 12.1 Å². The highest BCUT2D eigenvalue weighted by atomic mass is 16.6. The van der Waals surface area contributed by atoms with Crippen molar-refractivity contribution < 1.29 is 15.1 Å². The third-order valence-electron chi connectivity index (χ3n) is 2.28. The standard InChI is InChI=1S/C14H22N2O3/c1-14(2,3)15-9-13(18)10-19-16-8-11-5-4-6-12(17)7-11/h4-8,13,15,17-18H,9-10H2,1-3H3/b16-8+. The molecule has 5 heteroatoms. The Kier molecular flexibility index (Phi) is 5.79. The number of β-amino-alcohol motifs (C(OH)–C–C–N with tert-alkyl or cyclic N) is 1. The number of nitrogens with zero attached hydrogens (tertiary/aromatic N) is 1. The van der Waals surface area contributed by atoms with Crippen LogP contribution in [0.2, 0.25) is 0 Å². The molecule has 0 saturated carbocycles. The first kappa shape index (κ1) is 15.5. The largest absolute Gasteiger partial charge is 0.508 e. The van der Waals surface area contributed by atoms with Crippen LogP contribution < -0.4 is 5.32 Å². The van der Waals surface area contributed by atoms with E-state index in [0.717, 1.165) is 5.56 Å². The Balaban J connectivity index is 2.26. The van der Waals surface area contributed by atoms with Gasteiger partial charge in [-0.25, -0.2) is 0 Å². The summed E-state index contributed by atoms with van der Waals surface area (Å²) in [6.07, 6.45) is 0.879. The van der Waals surface area contributed by atoms with Crippen LogP contribution in [0, 0.1) is 0 Å². The van der Waals surface area contributed by atoms with E-state index in [4.69, 9.17) is 4.84 Å². The molecule has 0 aliphatic heterocycles. The number of hydrogen-bond acceptors (Lipinski definition) is 5. The third-order valence-corrected chi connectivity index (χ3v) is 2.28. The fraction of sp³-hybridized carbons (Fsp3) is 0.500. The smallest absolute Gasteiger partial charge is 0.144 e. The predicted molar refractivity (Wildman–Crippen MR) is 75.4 cm³/mol. The van der Waals surface area contributed by atoms with Crippen molar-refractivity contribution in [2.24, 2.45) is 5.16 Å². The van der Waals surface area contributed by atoms with Crippen LogP contribution in [0.3, 0.4) is 0 Å². The van der Waals surface area contributed by atoms with Crippen LogP contribution in [0.5, 0.6) is 5.75 Å². The molecule has 0 radical (unpaired) electrons. The third kappa shape index (κ3) is 7.43. The van der Waals surface area contributed by atoms with E-state index in [1.54, 1.807) is 24.3 Å². The van der Waals surface area contributed by atoms with Crippen molar-refractivity contribution >= 4 is 6.21 Å². The second kappa shape index (κ2) is 7.11. The number of aliphatic hydroxyl groups excluding tert-OH is 1. The van der Waals surface area contributed by atoms with Crippen molar-refractivity contribution in [1.82, 2.24) is 5.32 Å². The van der Waals surface area contributed by atoms with Gasteiger partial charge in [0.25, 0.3) is 0 Å². The van der Waals surface area contributed by atoms with Crippen LogP contribution in [0.15, 0.2) is 29.4 Å². The second-order valence-corrected chi connectivity index (χ2v) is 5.41. The Morgan fingerprint density at radius 3 is 2.79 bits per heavy atom. The minimum absolute atomic E-state index is 0.0359. The maximum absolute atomic E-state index is 9.65. The van der Waals surface area contributed by atoms with Crippen molar-refractivity contribution in [2.75, 3.05) is 13.2 Å². The van der Waals surface area contributed by atoms with Gasteiger partial charge in [-0.05, 0) is 38.5 Å². The van der Waals surface area contributed by atoms with Crippen LogP contribution in [0.1, 0.15) is 26.3 Å². The van der Waals surface area contributed by atoms with E-state index in [1.165, 1.54) is 6.21 Å². The minimum Gasteiger partial charge on any atom is -0.508 e. The maximum Gasteiger partial charge on any atom is 0.144 e. The van der Waals surface area contributed by atoms with Crippen LogP contribution >= 0.6 is 0 Å². The van der Waals surface area contributed by atoms with E-state index in [9.17, 15) is 10.2 Å². The Morgan fingerprint density at radius 1 is 1.42 bits per heavy atom. The van der Waals surface area contributed by atoms with E-state index in [0.29, 0.717) is 6.54 Å². The molecule has 0 aliphatic rings. The van der Waals surface area contributed by atoms with Crippen molar-refractivity contribution in [2.45, 2.75) is 32.4 Å². The summed E-state index contributed by atoms with van der Waals surface area (Å²) in [5.74, 6) is 0.179. The molecule has 1 aromatic carbocycles.